The first-order chi connectivity index (χ1) is 21.1. The predicted molar refractivity (Wildman–Crippen MR) is 194 cm³/mol. The SMILES string of the molecule is Cc1ccc([PH+](c2ccccc2)c2ccccc2)cc1.Cc1ccc([PH+](c2ccccc2)c2ccccc2)cc1.[Cl][Pd][Cl]. The molecule has 0 spiro atoms. The molecule has 43 heavy (non-hydrogen) atoms. The predicted octanol–water partition coefficient (Wildman–Crippen LogP) is 8.35. The molecule has 0 nitrogen and oxygen atoms in total. The maximum absolute atomic E-state index is 4.81. The van der Waals surface area contributed by atoms with E-state index in [4.69, 9.17) is 19.1 Å². The molecule has 0 aliphatic heterocycles. The van der Waals surface area contributed by atoms with Crippen LogP contribution in [0.25, 0.3) is 0 Å². The molecule has 0 unspecified atom stereocenters. The topological polar surface area (TPSA) is 0 Å². The number of aryl methyl sites for hydroxylation is 2. The fraction of sp³-hybridized carbons (Fsp3) is 0.0526. The Morgan fingerprint density at radius 1 is 0.326 bits per heavy atom. The van der Waals surface area contributed by atoms with Crippen molar-refractivity contribution >= 4 is 66.7 Å². The van der Waals surface area contributed by atoms with E-state index in [0.29, 0.717) is 0 Å². The summed E-state index contributed by atoms with van der Waals surface area (Å²) in [5.41, 5.74) is 2.63. The zero-order chi connectivity index (χ0) is 30.3. The molecule has 5 heteroatoms. The van der Waals surface area contributed by atoms with Gasteiger partial charge in [-0.3, -0.25) is 0 Å². The molecular formula is C38H36Cl2P2Pd+2. The molecule has 0 atom stereocenters. The summed E-state index contributed by atoms with van der Waals surface area (Å²) in [4.78, 5) is 0. The van der Waals surface area contributed by atoms with Crippen molar-refractivity contribution in [2.75, 3.05) is 0 Å². The van der Waals surface area contributed by atoms with Crippen molar-refractivity contribution in [3.63, 3.8) is 0 Å². The van der Waals surface area contributed by atoms with Gasteiger partial charge in [0.05, 0.1) is 15.8 Å². The molecule has 0 aliphatic rings. The average Bonchev–Trinajstić information content (AvgIpc) is 3.06. The van der Waals surface area contributed by atoms with Crippen LogP contribution in [0, 0.1) is 13.8 Å². The quantitative estimate of drug-likeness (QED) is 0.119. The van der Waals surface area contributed by atoms with Gasteiger partial charge in [-0.2, -0.15) is 0 Å². The monoisotopic (exact) mass is 730 g/mol. The van der Waals surface area contributed by atoms with Gasteiger partial charge < -0.3 is 0 Å². The molecule has 0 aromatic heterocycles. The van der Waals surface area contributed by atoms with Crippen LogP contribution in [0.4, 0.5) is 0 Å². The fourth-order valence-electron chi connectivity index (χ4n) is 4.86. The first-order valence-electron chi connectivity index (χ1n) is 14.0. The minimum atomic E-state index is -0.894. The standard InChI is InChI=1S/2C19H17P.2ClH.Pd/c2*1-16-12-14-19(15-13-16)20(17-8-4-2-5-9-17)18-10-6-3-7-11-18;;;/h2*2-15H,1H3;2*1H;/q;;;;+2. The Labute approximate surface area is 275 Å². The minimum absolute atomic E-state index is 0.106. The molecule has 0 fully saturated rings. The van der Waals surface area contributed by atoms with Crippen molar-refractivity contribution < 1.29 is 15.9 Å². The first kappa shape index (κ1) is 33.3. The van der Waals surface area contributed by atoms with E-state index in [1.807, 2.05) is 0 Å². The molecule has 6 aromatic rings. The number of hydrogen-bond acceptors (Lipinski definition) is 0. The van der Waals surface area contributed by atoms with E-state index in [-0.39, 0.29) is 15.9 Å². The summed E-state index contributed by atoms with van der Waals surface area (Å²) in [6, 6.07) is 61.4. The van der Waals surface area contributed by atoms with Crippen molar-refractivity contribution in [2.24, 2.45) is 0 Å². The molecule has 220 valence electrons. The van der Waals surface area contributed by atoms with Gasteiger partial charge in [-0.05, 0) is 86.6 Å². The third kappa shape index (κ3) is 10.2. The molecule has 0 amide bonds. The number of benzene rings is 6. The Hall–Kier alpha value is -2.58. The summed E-state index contributed by atoms with van der Waals surface area (Å²) in [6.07, 6.45) is 0. The second-order valence-electron chi connectivity index (χ2n) is 9.99. The molecule has 0 aliphatic carbocycles. The Kier molecular flexibility index (Phi) is 14.2. The summed E-state index contributed by atoms with van der Waals surface area (Å²) in [5.74, 6) is 0. The van der Waals surface area contributed by atoms with E-state index in [9.17, 15) is 0 Å². The molecule has 0 radical (unpaired) electrons. The molecule has 0 heterocycles. The Morgan fingerprint density at radius 2 is 0.512 bits per heavy atom. The normalized spacial score (nSPS) is 10.5. The zero-order valence-corrected chi connectivity index (χ0v) is 29.3. The van der Waals surface area contributed by atoms with Gasteiger partial charge in [-0.15, -0.1) is 0 Å². The second kappa shape index (κ2) is 18.3. The van der Waals surface area contributed by atoms with Crippen LogP contribution in [-0.2, 0) is 15.9 Å². The van der Waals surface area contributed by atoms with Crippen LogP contribution in [-0.4, -0.2) is 0 Å². The van der Waals surface area contributed by atoms with Gasteiger partial charge in [0.1, 0.15) is 31.8 Å². The van der Waals surface area contributed by atoms with Crippen molar-refractivity contribution in [3.05, 3.63) is 181 Å². The van der Waals surface area contributed by atoms with Crippen LogP contribution in [0.15, 0.2) is 170 Å². The zero-order valence-electron chi connectivity index (χ0n) is 24.2. The molecule has 0 saturated heterocycles. The second-order valence-corrected chi connectivity index (χ2v) is 17.3. The molecular weight excluding hydrogens is 696 g/mol. The molecule has 6 aromatic carbocycles. The maximum atomic E-state index is 4.81. The number of rotatable bonds is 6. The van der Waals surface area contributed by atoms with E-state index >= 15 is 0 Å². The number of hydrogen-bond donors (Lipinski definition) is 0. The van der Waals surface area contributed by atoms with Crippen LogP contribution >= 0.6 is 34.9 Å². The van der Waals surface area contributed by atoms with E-state index in [1.54, 1.807) is 0 Å². The summed E-state index contributed by atoms with van der Waals surface area (Å²) in [6.45, 7) is 4.28. The first-order valence-corrected chi connectivity index (χ1v) is 21.0. The molecule has 6 rings (SSSR count). The van der Waals surface area contributed by atoms with Crippen LogP contribution < -0.4 is 31.8 Å². The Balaban J connectivity index is 0.000000181. The van der Waals surface area contributed by atoms with Crippen molar-refractivity contribution in [1.82, 2.24) is 0 Å². The van der Waals surface area contributed by atoms with E-state index in [2.05, 4.69) is 184 Å². The summed E-state index contributed by atoms with van der Waals surface area (Å²) in [5, 5.41) is 8.64. The van der Waals surface area contributed by atoms with Gasteiger partial charge in [0.15, 0.2) is 0 Å². The van der Waals surface area contributed by atoms with Crippen LogP contribution in [0.3, 0.4) is 0 Å². The average molecular weight is 732 g/mol. The molecule has 0 bridgehead atoms. The van der Waals surface area contributed by atoms with Crippen LogP contribution in [0.1, 0.15) is 11.1 Å². The van der Waals surface area contributed by atoms with Gasteiger partial charge >= 0.3 is 35.0 Å². The Bertz CT molecular complexity index is 1400. The van der Waals surface area contributed by atoms with E-state index in [1.165, 1.54) is 43.0 Å². The van der Waals surface area contributed by atoms with Gasteiger partial charge in [0, 0.05) is 0 Å². The van der Waals surface area contributed by atoms with E-state index in [0.717, 1.165) is 0 Å². The fourth-order valence-corrected chi connectivity index (χ4v) is 9.96. The van der Waals surface area contributed by atoms with Crippen molar-refractivity contribution in [2.45, 2.75) is 13.8 Å². The summed E-state index contributed by atoms with van der Waals surface area (Å²) >= 11 is -0.106. The molecule has 0 saturated carbocycles. The van der Waals surface area contributed by atoms with Crippen molar-refractivity contribution in [1.29, 1.82) is 0 Å². The van der Waals surface area contributed by atoms with Gasteiger partial charge in [0.2, 0.25) is 0 Å². The van der Waals surface area contributed by atoms with Crippen molar-refractivity contribution in [3.8, 4) is 0 Å². The van der Waals surface area contributed by atoms with E-state index < -0.39 is 15.8 Å². The molecule has 0 N–H and O–H groups in total. The van der Waals surface area contributed by atoms with Crippen LogP contribution in [0.5, 0.6) is 0 Å². The summed E-state index contributed by atoms with van der Waals surface area (Å²) < 4.78 is 0. The van der Waals surface area contributed by atoms with Gasteiger partial charge in [0.25, 0.3) is 0 Å². The summed E-state index contributed by atoms with van der Waals surface area (Å²) in [7, 11) is 7.84. The third-order valence-electron chi connectivity index (χ3n) is 6.93. The van der Waals surface area contributed by atoms with Gasteiger partial charge in [-0.1, -0.05) is 108 Å². The van der Waals surface area contributed by atoms with Gasteiger partial charge in [-0.25, -0.2) is 0 Å². The van der Waals surface area contributed by atoms with Crippen LogP contribution in [0.2, 0.25) is 0 Å². The Morgan fingerprint density at radius 3 is 0.721 bits per heavy atom. The number of halogens is 2. The third-order valence-corrected chi connectivity index (χ3v) is 12.4.